The molecule has 1 fully saturated rings. The summed E-state index contributed by atoms with van der Waals surface area (Å²) in [5, 5.41) is 4.02. The van der Waals surface area contributed by atoms with Crippen LogP contribution in [0, 0.1) is 0 Å². The molecule has 1 N–H and O–H groups in total. The molecule has 0 aliphatic carbocycles. The molecule has 0 aromatic heterocycles. The smallest absolute Gasteiger partial charge is 0.263 e. The van der Waals surface area contributed by atoms with Gasteiger partial charge >= 0.3 is 0 Å². The zero-order valence-corrected chi connectivity index (χ0v) is 15.6. The van der Waals surface area contributed by atoms with Crippen LogP contribution < -0.4 is 10.1 Å². The van der Waals surface area contributed by atoms with Gasteiger partial charge in [-0.25, -0.2) is 0 Å². The molecule has 4 nitrogen and oxygen atoms in total. The topological polar surface area (TPSA) is 41.6 Å². The average Bonchev–Trinajstić information content (AvgIpc) is 2.62. The van der Waals surface area contributed by atoms with Crippen molar-refractivity contribution in [2.45, 2.75) is 19.1 Å². The number of piperazine rings is 1. The molecule has 1 aliphatic rings. The third kappa shape index (κ3) is 4.66. The molecule has 25 heavy (non-hydrogen) atoms. The fourth-order valence-electron chi connectivity index (χ4n) is 2.98. The quantitative estimate of drug-likeness (QED) is 0.878. The van der Waals surface area contributed by atoms with Crippen LogP contribution in [0.2, 0.25) is 5.02 Å². The summed E-state index contributed by atoms with van der Waals surface area (Å²) in [6.45, 7) is 3.89. The summed E-state index contributed by atoms with van der Waals surface area (Å²) in [5.74, 6) is 0.674. The van der Waals surface area contributed by atoms with Crippen LogP contribution in [0.1, 0.15) is 18.5 Å². The van der Waals surface area contributed by atoms with E-state index >= 15 is 0 Å². The SMILES string of the molecule is CC(Oc1ccccc1)C(=O)N1CCNCC1c1ccccc1Cl.Cl. The predicted molar refractivity (Wildman–Crippen MR) is 103 cm³/mol. The molecule has 3 rings (SSSR count). The van der Waals surface area contributed by atoms with Crippen LogP contribution in [0.3, 0.4) is 0 Å². The first-order chi connectivity index (χ1) is 11.7. The first-order valence-corrected chi connectivity index (χ1v) is 8.52. The number of nitrogens with one attached hydrogen (secondary N) is 1. The summed E-state index contributed by atoms with van der Waals surface area (Å²) >= 11 is 6.34. The molecule has 6 heteroatoms. The van der Waals surface area contributed by atoms with Gasteiger partial charge in [0.25, 0.3) is 5.91 Å². The van der Waals surface area contributed by atoms with Gasteiger partial charge in [-0.15, -0.1) is 12.4 Å². The Morgan fingerprint density at radius 1 is 1.20 bits per heavy atom. The van der Waals surface area contributed by atoms with E-state index < -0.39 is 6.10 Å². The fraction of sp³-hybridized carbons (Fsp3) is 0.316. The van der Waals surface area contributed by atoms with Crippen molar-refractivity contribution in [3.8, 4) is 5.75 Å². The summed E-state index contributed by atoms with van der Waals surface area (Å²) < 4.78 is 5.80. The van der Waals surface area contributed by atoms with E-state index in [0.29, 0.717) is 23.9 Å². The normalized spacial score (nSPS) is 18.2. The van der Waals surface area contributed by atoms with E-state index in [4.69, 9.17) is 16.3 Å². The highest BCUT2D eigenvalue weighted by atomic mass is 35.5. The number of benzene rings is 2. The number of carbonyl (C=O) groups is 1. The monoisotopic (exact) mass is 380 g/mol. The van der Waals surface area contributed by atoms with Crippen molar-refractivity contribution in [2.24, 2.45) is 0 Å². The molecule has 1 heterocycles. The number of ether oxygens (including phenoxy) is 1. The van der Waals surface area contributed by atoms with E-state index in [1.165, 1.54) is 0 Å². The zero-order chi connectivity index (χ0) is 16.9. The summed E-state index contributed by atoms with van der Waals surface area (Å²) in [5.41, 5.74) is 0.964. The first kappa shape index (κ1) is 19.6. The van der Waals surface area contributed by atoms with Crippen LogP contribution in [0.4, 0.5) is 0 Å². The number of halogens is 2. The van der Waals surface area contributed by atoms with Crippen molar-refractivity contribution in [3.05, 3.63) is 65.2 Å². The molecule has 0 radical (unpaired) electrons. The number of hydrogen-bond acceptors (Lipinski definition) is 3. The van der Waals surface area contributed by atoms with Gasteiger partial charge in [-0.2, -0.15) is 0 Å². The van der Waals surface area contributed by atoms with Crippen LogP contribution in [-0.2, 0) is 4.79 Å². The maximum Gasteiger partial charge on any atom is 0.263 e. The third-order valence-corrected chi connectivity index (χ3v) is 4.54. The van der Waals surface area contributed by atoms with Gasteiger partial charge in [0.15, 0.2) is 6.10 Å². The van der Waals surface area contributed by atoms with Gasteiger partial charge in [0.2, 0.25) is 0 Å². The van der Waals surface area contributed by atoms with Gasteiger partial charge in [0.05, 0.1) is 6.04 Å². The molecule has 134 valence electrons. The van der Waals surface area contributed by atoms with Gasteiger partial charge in [-0.3, -0.25) is 4.79 Å². The lowest BCUT2D eigenvalue weighted by Crippen LogP contribution is -2.52. The lowest BCUT2D eigenvalue weighted by atomic mass is 10.0. The predicted octanol–water partition coefficient (Wildman–Crippen LogP) is 3.70. The number of rotatable bonds is 4. The summed E-state index contributed by atoms with van der Waals surface area (Å²) in [6, 6.07) is 17.0. The zero-order valence-electron chi connectivity index (χ0n) is 14.0. The van der Waals surface area contributed by atoms with Crippen molar-refractivity contribution >= 4 is 29.9 Å². The van der Waals surface area contributed by atoms with Gasteiger partial charge in [0, 0.05) is 24.7 Å². The molecule has 1 saturated heterocycles. The average molecular weight is 381 g/mol. The molecule has 1 amide bonds. The van der Waals surface area contributed by atoms with Gasteiger partial charge in [-0.05, 0) is 30.7 Å². The fourth-order valence-corrected chi connectivity index (χ4v) is 3.24. The highest BCUT2D eigenvalue weighted by Crippen LogP contribution is 2.29. The summed E-state index contributed by atoms with van der Waals surface area (Å²) in [6.07, 6.45) is -0.546. The second kappa shape index (κ2) is 9.09. The molecule has 0 bridgehead atoms. The van der Waals surface area contributed by atoms with Gasteiger partial charge in [0.1, 0.15) is 5.75 Å². The Morgan fingerprint density at radius 2 is 1.88 bits per heavy atom. The van der Waals surface area contributed by atoms with Gasteiger partial charge < -0.3 is 15.0 Å². The van der Waals surface area contributed by atoms with Crippen LogP contribution in [0.5, 0.6) is 5.75 Å². The molecule has 2 atom stereocenters. The van der Waals surface area contributed by atoms with Crippen molar-refractivity contribution in [1.82, 2.24) is 10.2 Å². The second-order valence-electron chi connectivity index (χ2n) is 5.85. The maximum atomic E-state index is 12.9. The standard InChI is InChI=1S/C19H21ClN2O2.ClH/c1-14(24-15-7-3-2-4-8-15)19(23)22-12-11-21-13-18(22)16-9-5-6-10-17(16)20;/h2-10,14,18,21H,11-13H2,1H3;1H. The largest absolute Gasteiger partial charge is 0.481 e. The number of carbonyl (C=O) groups excluding carboxylic acids is 1. The Hall–Kier alpha value is -1.75. The minimum absolute atomic E-state index is 0. The van der Waals surface area contributed by atoms with Crippen LogP contribution in [0.15, 0.2) is 54.6 Å². The number of hydrogen-bond donors (Lipinski definition) is 1. The maximum absolute atomic E-state index is 12.9. The van der Waals surface area contributed by atoms with Crippen LogP contribution in [-0.4, -0.2) is 36.5 Å². The molecule has 2 unspecified atom stereocenters. The molecular formula is C19H22Cl2N2O2. The lowest BCUT2D eigenvalue weighted by molar-refractivity contribution is -0.141. The Balaban J connectivity index is 0.00000225. The second-order valence-corrected chi connectivity index (χ2v) is 6.25. The Kier molecular flexibility index (Phi) is 7.12. The molecule has 0 spiro atoms. The minimum Gasteiger partial charge on any atom is -0.481 e. The van der Waals surface area contributed by atoms with E-state index in [2.05, 4.69) is 5.32 Å². The highest BCUT2D eigenvalue weighted by Gasteiger charge is 2.32. The number of amides is 1. The van der Waals surface area contributed by atoms with E-state index in [1.54, 1.807) is 6.92 Å². The van der Waals surface area contributed by atoms with Crippen LogP contribution >= 0.6 is 24.0 Å². The van der Waals surface area contributed by atoms with Crippen molar-refractivity contribution in [3.63, 3.8) is 0 Å². The Bertz CT molecular complexity index is 697. The van der Waals surface area contributed by atoms with E-state index in [-0.39, 0.29) is 24.4 Å². The summed E-state index contributed by atoms with van der Waals surface area (Å²) in [4.78, 5) is 14.8. The Morgan fingerprint density at radius 3 is 2.60 bits per heavy atom. The minimum atomic E-state index is -0.546. The molecule has 1 aliphatic heterocycles. The van der Waals surface area contributed by atoms with E-state index in [9.17, 15) is 4.79 Å². The number of nitrogens with zero attached hydrogens (tertiary/aromatic N) is 1. The Labute approximate surface area is 159 Å². The van der Waals surface area contributed by atoms with Crippen molar-refractivity contribution in [2.75, 3.05) is 19.6 Å². The lowest BCUT2D eigenvalue weighted by Gasteiger charge is -2.38. The number of para-hydroxylation sites is 1. The van der Waals surface area contributed by atoms with Crippen molar-refractivity contribution < 1.29 is 9.53 Å². The van der Waals surface area contributed by atoms with E-state index in [1.807, 2.05) is 59.5 Å². The molecule has 0 saturated carbocycles. The molecule has 2 aromatic carbocycles. The highest BCUT2D eigenvalue weighted by molar-refractivity contribution is 6.31. The van der Waals surface area contributed by atoms with Crippen LogP contribution in [0.25, 0.3) is 0 Å². The molecule has 2 aromatic rings. The third-order valence-electron chi connectivity index (χ3n) is 4.19. The molecular weight excluding hydrogens is 359 g/mol. The van der Waals surface area contributed by atoms with E-state index in [0.717, 1.165) is 12.1 Å². The summed E-state index contributed by atoms with van der Waals surface area (Å²) in [7, 11) is 0. The van der Waals surface area contributed by atoms with Crippen molar-refractivity contribution in [1.29, 1.82) is 0 Å². The van der Waals surface area contributed by atoms with Gasteiger partial charge in [-0.1, -0.05) is 48.0 Å². The first-order valence-electron chi connectivity index (χ1n) is 8.14.